The number of amides is 1. The molecule has 0 aromatic heterocycles. The van der Waals surface area contributed by atoms with Crippen molar-refractivity contribution in [3.05, 3.63) is 43.6 Å². The third kappa shape index (κ3) is 5.24. The van der Waals surface area contributed by atoms with Crippen LogP contribution in [0.1, 0.15) is 41.6 Å². The third-order valence-electron chi connectivity index (χ3n) is 4.90. The molecule has 2 heterocycles. The Hall–Kier alpha value is -1.33. The average Bonchev–Trinajstić information content (AvgIpc) is 2.67. The Morgan fingerprint density at radius 2 is 2.10 bits per heavy atom. The molecule has 1 aromatic carbocycles. The number of rotatable bonds is 3. The second-order valence-corrected chi connectivity index (χ2v) is 8.37. The fourth-order valence-corrected chi connectivity index (χ4v) is 4.60. The maximum Gasteiger partial charge on any atom is 0.417 e. The van der Waals surface area contributed by atoms with E-state index in [9.17, 15) is 18.0 Å². The van der Waals surface area contributed by atoms with E-state index in [-0.39, 0.29) is 24.0 Å². The Kier molecular flexibility index (Phi) is 7.10. The summed E-state index contributed by atoms with van der Waals surface area (Å²) in [4.78, 5) is 14.1. The van der Waals surface area contributed by atoms with Gasteiger partial charge in [-0.15, -0.1) is 0 Å². The molecule has 1 aromatic rings. The molecule has 0 aliphatic carbocycles. The lowest BCUT2D eigenvalue weighted by Gasteiger charge is -2.31. The first-order valence-corrected chi connectivity index (χ1v) is 10.6. The molecule has 0 bridgehead atoms. The van der Waals surface area contributed by atoms with Gasteiger partial charge in [0, 0.05) is 18.7 Å². The molecule has 29 heavy (non-hydrogen) atoms. The molecule has 2 aliphatic rings. The summed E-state index contributed by atoms with van der Waals surface area (Å²) in [5, 5.41) is 11.0. The van der Waals surface area contributed by atoms with E-state index in [2.05, 4.69) is 27.9 Å². The Morgan fingerprint density at radius 3 is 2.72 bits per heavy atom. The largest absolute Gasteiger partial charge is 0.417 e. The zero-order valence-corrected chi connectivity index (χ0v) is 18.3. The maximum atomic E-state index is 13.1. The lowest BCUT2D eigenvalue weighted by atomic mass is 10.0. The van der Waals surface area contributed by atoms with Crippen molar-refractivity contribution in [1.82, 2.24) is 10.2 Å². The molecule has 2 N–H and O–H groups in total. The standard InChI is InChI=1S/C19H20ClF3IN3O2/c20-16-12(4-3-5-13(16)19(21,22)23)18(28)27-8-7-11(14(25)10-27)17(24)26-15-6-1-2-9-29-15/h3-5,15,25-26H,1-2,6-10H2/b17-11-,25-14?. The molecule has 2 aliphatic heterocycles. The molecule has 5 nitrogen and oxygen atoms in total. The number of alkyl halides is 3. The number of piperidine rings is 1. The Bertz CT molecular complexity index is 838. The SMILES string of the molecule is N=C1CN(C(=O)c2cccc(C(F)(F)F)c2Cl)CC/C1=C(\I)NC1CCCCO1. The predicted octanol–water partition coefficient (Wildman–Crippen LogP) is 4.99. The summed E-state index contributed by atoms with van der Waals surface area (Å²) < 4.78 is 45.6. The van der Waals surface area contributed by atoms with Crippen LogP contribution in [-0.2, 0) is 10.9 Å². The molecule has 0 spiro atoms. The molecule has 3 rings (SSSR count). The van der Waals surface area contributed by atoms with Crippen molar-refractivity contribution in [3.8, 4) is 0 Å². The quantitative estimate of drug-likeness (QED) is 0.419. The number of carbonyl (C=O) groups excluding carboxylic acids is 1. The predicted molar refractivity (Wildman–Crippen MR) is 112 cm³/mol. The monoisotopic (exact) mass is 541 g/mol. The number of hydrogen-bond donors (Lipinski definition) is 2. The highest BCUT2D eigenvalue weighted by Gasteiger charge is 2.36. The fourth-order valence-electron chi connectivity index (χ4n) is 3.35. The van der Waals surface area contributed by atoms with Gasteiger partial charge in [-0.3, -0.25) is 4.79 Å². The van der Waals surface area contributed by atoms with Crippen LogP contribution in [0.5, 0.6) is 0 Å². The maximum absolute atomic E-state index is 13.1. The smallest absolute Gasteiger partial charge is 0.359 e. The Labute approximate surface area is 185 Å². The number of hydrogen-bond acceptors (Lipinski definition) is 4. The van der Waals surface area contributed by atoms with Crippen LogP contribution in [0.4, 0.5) is 13.2 Å². The summed E-state index contributed by atoms with van der Waals surface area (Å²) in [6, 6.07) is 3.29. The van der Waals surface area contributed by atoms with Gasteiger partial charge in [0.1, 0.15) is 6.23 Å². The molecule has 1 atom stereocenters. The van der Waals surface area contributed by atoms with E-state index in [1.165, 1.54) is 17.0 Å². The number of ether oxygens (including phenoxy) is 1. The van der Waals surface area contributed by atoms with E-state index >= 15 is 0 Å². The first-order chi connectivity index (χ1) is 13.7. The van der Waals surface area contributed by atoms with Crippen molar-refractivity contribution in [2.75, 3.05) is 19.7 Å². The van der Waals surface area contributed by atoms with Crippen LogP contribution in [0.2, 0.25) is 5.02 Å². The molecule has 0 saturated carbocycles. The molecule has 2 saturated heterocycles. The van der Waals surface area contributed by atoms with Gasteiger partial charge in [-0.05, 0) is 60.4 Å². The van der Waals surface area contributed by atoms with Gasteiger partial charge in [-0.1, -0.05) is 17.7 Å². The Morgan fingerprint density at radius 1 is 1.34 bits per heavy atom. The molecule has 10 heteroatoms. The van der Waals surface area contributed by atoms with Crippen LogP contribution in [0.3, 0.4) is 0 Å². The second-order valence-electron chi connectivity index (χ2n) is 6.91. The van der Waals surface area contributed by atoms with Crippen LogP contribution >= 0.6 is 34.2 Å². The summed E-state index contributed by atoms with van der Waals surface area (Å²) in [6.45, 7) is 1.01. The average molecular weight is 542 g/mol. The number of likely N-dealkylation sites (tertiary alicyclic amines) is 1. The van der Waals surface area contributed by atoms with Gasteiger partial charge in [0.15, 0.2) is 0 Å². The van der Waals surface area contributed by atoms with E-state index in [0.717, 1.165) is 34.6 Å². The molecule has 1 amide bonds. The molecule has 2 fully saturated rings. The van der Waals surface area contributed by atoms with E-state index in [4.69, 9.17) is 21.7 Å². The minimum Gasteiger partial charge on any atom is -0.359 e. The number of carbonyl (C=O) groups is 1. The summed E-state index contributed by atoms with van der Waals surface area (Å²) in [6.07, 6.45) is -1.28. The first-order valence-electron chi connectivity index (χ1n) is 9.18. The van der Waals surface area contributed by atoms with E-state index in [1.807, 2.05) is 0 Å². The summed E-state index contributed by atoms with van der Waals surface area (Å²) in [5.41, 5.74) is -0.201. The van der Waals surface area contributed by atoms with Crippen LogP contribution in [0.25, 0.3) is 0 Å². The van der Waals surface area contributed by atoms with Crippen LogP contribution in [-0.4, -0.2) is 42.4 Å². The Balaban J connectivity index is 1.72. The van der Waals surface area contributed by atoms with Crippen molar-refractivity contribution in [1.29, 1.82) is 5.41 Å². The van der Waals surface area contributed by atoms with Crippen LogP contribution < -0.4 is 5.32 Å². The minimum atomic E-state index is -4.64. The van der Waals surface area contributed by atoms with Gasteiger partial charge in [0.25, 0.3) is 5.91 Å². The van der Waals surface area contributed by atoms with Gasteiger partial charge in [-0.2, -0.15) is 13.2 Å². The minimum absolute atomic E-state index is 0.0143. The van der Waals surface area contributed by atoms with E-state index in [1.54, 1.807) is 0 Å². The lowest BCUT2D eigenvalue weighted by molar-refractivity contribution is -0.137. The van der Waals surface area contributed by atoms with E-state index < -0.39 is 22.7 Å². The highest BCUT2D eigenvalue weighted by molar-refractivity contribution is 14.1. The third-order valence-corrected chi connectivity index (χ3v) is 6.27. The zero-order valence-electron chi connectivity index (χ0n) is 15.4. The highest BCUT2D eigenvalue weighted by Crippen LogP contribution is 2.36. The lowest BCUT2D eigenvalue weighted by Crippen LogP contribution is -2.42. The zero-order chi connectivity index (χ0) is 21.2. The highest BCUT2D eigenvalue weighted by atomic mass is 127. The van der Waals surface area contributed by atoms with Gasteiger partial charge < -0.3 is 20.4 Å². The summed E-state index contributed by atoms with van der Waals surface area (Å²) >= 11 is 8.01. The van der Waals surface area contributed by atoms with Crippen molar-refractivity contribution < 1.29 is 22.7 Å². The van der Waals surface area contributed by atoms with Gasteiger partial charge in [0.2, 0.25) is 0 Å². The first kappa shape index (κ1) is 22.4. The van der Waals surface area contributed by atoms with Crippen LogP contribution in [0.15, 0.2) is 27.5 Å². The second kappa shape index (κ2) is 9.22. The van der Waals surface area contributed by atoms with Gasteiger partial charge >= 0.3 is 6.18 Å². The van der Waals surface area contributed by atoms with Crippen molar-refractivity contribution >= 4 is 45.8 Å². The van der Waals surface area contributed by atoms with E-state index in [0.29, 0.717) is 19.6 Å². The number of nitrogens with one attached hydrogen (secondary N) is 2. The number of benzene rings is 1. The molecular formula is C19H20ClF3IN3O2. The van der Waals surface area contributed by atoms with Gasteiger partial charge in [-0.25, -0.2) is 0 Å². The van der Waals surface area contributed by atoms with Crippen molar-refractivity contribution in [2.45, 2.75) is 38.1 Å². The fraction of sp³-hybridized carbons (Fsp3) is 0.474. The van der Waals surface area contributed by atoms with Gasteiger partial charge in [0.05, 0.1) is 32.1 Å². The molecular weight excluding hydrogens is 522 g/mol. The topological polar surface area (TPSA) is 65.4 Å². The summed E-state index contributed by atoms with van der Waals surface area (Å²) in [5.74, 6) is -0.608. The summed E-state index contributed by atoms with van der Waals surface area (Å²) in [7, 11) is 0. The molecule has 158 valence electrons. The number of halogens is 5. The molecule has 1 unspecified atom stereocenters. The van der Waals surface area contributed by atoms with Crippen molar-refractivity contribution in [3.63, 3.8) is 0 Å². The normalized spacial score (nSPS) is 22.4. The van der Waals surface area contributed by atoms with Crippen LogP contribution in [0, 0.1) is 5.41 Å². The van der Waals surface area contributed by atoms with Crippen molar-refractivity contribution in [2.24, 2.45) is 0 Å². The number of nitrogens with zero attached hydrogens (tertiary/aromatic N) is 1. The molecule has 0 radical (unpaired) electrons.